The van der Waals surface area contributed by atoms with E-state index in [1.54, 1.807) is 7.11 Å². The number of amides is 1. The number of rotatable bonds is 4. The molecule has 2 aliphatic heterocycles. The van der Waals surface area contributed by atoms with Crippen LogP contribution in [0.2, 0.25) is 0 Å². The molecule has 0 spiro atoms. The number of anilines is 1. The fourth-order valence-corrected chi connectivity index (χ4v) is 3.39. The molecular weight excluding hydrogens is 314 g/mol. The molecule has 1 aromatic carbocycles. The van der Waals surface area contributed by atoms with Crippen molar-refractivity contribution in [1.29, 1.82) is 0 Å². The number of piperidine rings is 1. The van der Waals surface area contributed by atoms with Gasteiger partial charge in [-0.15, -0.1) is 12.4 Å². The van der Waals surface area contributed by atoms with Gasteiger partial charge < -0.3 is 20.3 Å². The number of ether oxygens (including phenoxy) is 1. The molecule has 2 heterocycles. The SMILES string of the molecule is COc1ccccc1N1CCC(NC(=O)C2CCNCC2)C1.Cl. The van der Waals surface area contributed by atoms with E-state index in [2.05, 4.69) is 21.6 Å². The highest BCUT2D eigenvalue weighted by molar-refractivity contribution is 5.85. The third-order valence-corrected chi connectivity index (χ3v) is 4.67. The number of para-hydroxylation sites is 2. The smallest absolute Gasteiger partial charge is 0.223 e. The number of carbonyl (C=O) groups excluding carboxylic acids is 1. The Morgan fingerprint density at radius 2 is 2.00 bits per heavy atom. The number of halogens is 1. The maximum atomic E-state index is 12.3. The monoisotopic (exact) mass is 339 g/mol. The number of nitrogens with one attached hydrogen (secondary N) is 2. The largest absolute Gasteiger partial charge is 0.495 e. The van der Waals surface area contributed by atoms with Crippen LogP contribution in [-0.4, -0.2) is 45.2 Å². The number of carbonyl (C=O) groups is 1. The van der Waals surface area contributed by atoms with Crippen LogP contribution in [0.15, 0.2) is 24.3 Å². The molecule has 0 radical (unpaired) electrons. The van der Waals surface area contributed by atoms with Crippen molar-refractivity contribution in [3.05, 3.63) is 24.3 Å². The predicted molar refractivity (Wildman–Crippen MR) is 94.6 cm³/mol. The van der Waals surface area contributed by atoms with E-state index in [1.807, 2.05) is 18.2 Å². The first-order valence-corrected chi connectivity index (χ1v) is 8.17. The molecule has 2 aliphatic rings. The highest BCUT2D eigenvalue weighted by Gasteiger charge is 2.28. The Hall–Kier alpha value is -1.46. The lowest BCUT2D eigenvalue weighted by molar-refractivity contribution is -0.126. The fraction of sp³-hybridized carbons (Fsp3) is 0.588. The van der Waals surface area contributed by atoms with Gasteiger partial charge in [0.15, 0.2) is 0 Å². The molecule has 128 valence electrons. The van der Waals surface area contributed by atoms with E-state index in [-0.39, 0.29) is 30.3 Å². The van der Waals surface area contributed by atoms with Gasteiger partial charge in [0.2, 0.25) is 5.91 Å². The van der Waals surface area contributed by atoms with E-state index >= 15 is 0 Å². The zero-order chi connectivity index (χ0) is 15.4. The molecule has 1 amide bonds. The molecule has 5 nitrogen and oxygen atoms in total. The van der Waals surface area contributed by atoms with Gasteiger partial charge in [0, 0.05) is 25.0 Å². The first-order chi connectivity index (χ1) is 10.8. The van der Waals surface area contributed by atoms with Crippen molar-refractivity contribution in [2.24, 2.45) is 5.92 Å². The average Bonchev–Trinajstić information content (AvgIpc) is 3.04. The first kappa shape index (κ1) is 17.9. The highest BCUT2D eigenvalue weighted by Crippen LogP contribution is 2.30. The lowest BCUT2D eigenvalue weighted by Gasteiger charge is -2.24. The summed E-state index contributed by atoms with van der Waals surface area (Å²) < 4.78 is 5.43. The van der Waals surface area contributed by atoms with Crippen LogP contribution in [0.5, 0.6) is 5.75 Å². The zero-order valence-electron chi connectivity index (χ0n) is 13.6. The zero-order valence-corrected chi connectivity index (χ0v) is 14.4. The predicted octanol–water partition coefficient (Wildman–Crippen LogP) is 1.81. The molecule has 1 atom stereocenters. The van der Waals surface area contributed by atoms with E-state index in [9.17, 15) is 4.79 Å². The van der Waals surface area contributed by atoms with E-state index in [0.717, 1.165) is 56.9 Å². The average molecular weight is 340 g/mol. The minimum atomic E-state index is 0. The maximum Gasteiger partial charge on any atom is 0.223 e. The Balaban J connectivity index is 0.00000192. The molecule has 1 unspecified atom stereocenters. The molecule has 2 saturated heterocycles. The summed E-state index contributed by atoms with van der Waals surface area (Å²) in [5.41, 5.74) is 1.11. The standard InChI is InChI=1S/C17H25N3O2.ClH/c1-22-16-5-3-2-4-15(16)20-11-8-14(12-20)19-17(21)13-6-9-18-10-7-13;/h2-5,13-14,18H,6-12H2,1H3,(H,19,21);1H. The van der Waals surface area contributed by atoms with Gasteiger partial charge in [0.05, 0.1) is 12.8 Å². The second-order valence-corrected chi connectivity index (χ2v) is 6.14. The van der Waals surface area contributed by atoms with Crippen molar-refractivity contribution >= 4 is 24.0 Å². The van der Waals surface area contributed by atoms with E-state index in [4.69, 9.17) is 4.74 Å². The minimum Gasteiger partial charge on any atom is -0.495 e. The van der Waals surface area contributed by atoms with Crippen LogP contribution in [0.4, 0.5) is 5.69 Å². The molecule has 0 bridgehead atoms. The summed E-state index contributed by atoms with van der Waals surface area (Å²) in [5, 5.41) is 6.54. The summed E-state index contributed by atoms with van der Waals surface area (Å²) in [5.74, 6) is 1.31. The van der Waals surface area contributed by atoms with Crippen molar-refractivity contribution in [1.82, 2.24) is 10.6 Å². The van der Waals surface area contributed by atoms with Crippen LogP contribution in [0.1, 0.15) is 19.3 Å². The van der Waals surface area contributed by atoms with Crippen molar-refractivity contribution in [2.45, 2.75) is 25.3 Å². The summed E-state index contributed by atoms with van der Waals surface area (Å²) in [4.78, 5) is 14.6. The number of hydrogen-bond donors (Lipinski definition) is 2. The van der Waals surface area contributed by atoms with Gasteiger partial charge in [-0.05, 0) is 44.5 Å². The van der Waals surface area contributed by atoms with Crippen LogP contribution in [0.25, 0.3) is 0 Å². The quantitative estimate of drug-likeness (QED) is 0.878. The van der Waals surface area contributed by atoms with Gasteiger partial charge in [0.25, 0.3) is 0 Å². The summed E-state index contributed by atoms with van der Waals surface area (Å²) in [7, 11) is 1.70. The molecule has 0 aromatic heterocycles. The Labute approximate surface area is 144 Å². The van der Waals surface area contributed by atoms with Crippen molar-refractivity contribution in [2.75, 3.05) is 38.2 Å². The van der Waals surface area contributed by atoms with Gasteiger partial charge in [-0.3, -0.25) is 4.79 Å². The van der Waals surface area contributed by atoms with Gasteiger partial charge in [-0.25, -0.2) is 0 Å². The number of methoxy groups -OCH3 is 1. The van der Waals surface area contributed by atoms with Crippen molar-refractivity contribution in [3.63, 3.8) is 0 Å². The molecular formula is C17H26ClN3O2. The summed E-state index contributed by atoms with van der Waals surface area (Å²) in [6.07, 6.45) is 2.90. The molecule has 23 heavy (non-hydrogen) atoms. The Kier molecular flexibility index (Phi) is 6.54. The Bertz CT molecular complexity index is 520. The summed E-state index contributed by atoms with van der Waals surface area (Å²) in [6.45, 7) is 3.72. The molecule has 1 aromatic rings. The van der Waals surface area contributed by atoms with Crippen LogP contribution < -0.4 is 20.3 Å². The van der Waals surface area contributed by atoms with E-state index in [0.29, 0.717) is 0 Å². The molecule has 0 aliphatic carbocycles. The Morgan fingerprint density at radius 3 is 2.74 bits per heavy atom. The second kappa shape index (κ2) is 8.41. The minimum absolute atomic E-state index is 0. The summed E-state index contributed by atoms with van der Waals surface area (Å²) >= 11 is 0. The molecule has 0 saturated carbocycles. The van der Waals surface area contributed by atoms with Crippen LogP contribution >= 0.6 is 12.4 Å². The van der Waals surface area contributed by atoms with E-state index < -0.39 is 0 Å². The van der Waals surface area contributed by atoms with Crippen LogP contribution in [0, 0.1) is 5.92 Å². The van der Waals surface area contributed by atoms with E-state index in [1.165, 1.54) is 0 Å². The lowest BCUT2D eigenvalue weighted by atomic mass is 9.97. The third kappa shape index (κ3) is 4.30. The highest BCUT2D eigenvalue weighted by atomic mass is 35.5. The van der Waals surface area contributed by atoms with Gasteiger partial charge in [-0.1, -0.05) is 12.1 Å². The van der Waals surface area contributed by atoms with Crippen LogP contribution in [-0.2, 0) is 4.79 Å². The molecule has 6 heteroatoms. The molecule has 2 fully saturated rings. The van der Waals surface area contributed by atoms with Gasteiger partial charge in [0.1, 0.15) is 5.75 Å². The maximum absolute atomic E-state index is 12.3. The molecule has 3 rings (SSSR count). The molecule has 2 N–H and O–H groups in total. The number of nitrogens with zero attached hydrogens (tertiary/aromatic N) is 1. The second-order valence-electron chi connectivity index (χ2n) is 6.14. The number of hydrogen-bond acceptors (Lipinski definition) is 4. The summed E-state index contributed by atoms with van der Waals surface area (Å²) in [6, 6.07) is 8.31. The fourth-order valence-electron chi connectivity index (χ4n) is 3.39. The van der Waals surface area contributed by atoms with Crippen molar-refractivity contribution in [3.8, 4) is 5.75 Å². The number of benzene rings is 1. The topological polar surface area (TPSA) is 53.6 Å². The van der Waals surface area contributed by atoms with Crippen LogP contribution in [0.3, 0.4) is 0 Å². The Morgan fingerprint density at radius 1 is 1.26 bits per heavy atom. The van der Waals surface area contributed by atoms with Gasteiger partial charge >= 0.3 is 0 Å². The first-order valence-electron chi connectivity index (χ1n) is 8.17. The van der Waals surface area contributed by atoms with Crippen molar-refractivity contribution < 1.29 is 9.53 Å². The van der Waals surface area contributed by atoms with Gasteiger partial charge in [-0.2, -0.15) is 0 Å². The normalized spacial score (nSPS) is 21.6. The third-order valence-electron chi connectivity index (χ3n) is 4.67. The lowest BCUT2D eigenvalue weighted by Crippen LogP contribution is -2.43.